The van der Waals surface area contributed by atoms with Gasteiger partial charge in [-0.3, -0.25) is 5.84 Å². The van der Waals surface area contributed by atoms with Gasteiger partial charge in [0.05, 0.1) is 16.8 Å². The molecule has 1 aliphatic rings. The van der Waals surface area contributed by atoms with Crippen molar-refractivity contribution in [2.45, 2.75) is 38.6 Å². The zero-order chi connectivity index (χ0) is 11.5. The lowest BCUT2D eigenvalue weighted by molar-refractivity contribution is 0.306. The Morgan fingerprint density at radius 1 is 1.62 bits per heavy atom. The number of nitrogens with one attached hydrogen (secondary N) is 1. The highest BCUT2D eigenvalue weighted by Gasteiger charge is 2.32. The minimum Gasteiger partial charge on any atom is -0.466 e. The van der Waals surface area contributed by atoms with E-state index in [1.165, 1.54) is 25.7 Å². The van der Waals surface area contributed by atoms with Crippen molar-refractivity contribution in [1.29, 1.82) is 0 Å². The Morgan fingerprint density at radius 3 is 2.94 bits per heavy atom. The highest BCUT2D eigenvalue weighted by molar-refractivity contribution is 9.10. The van der Waals surface area contributed by atoms with Gasteiger partial charge in [0.25, 0.3) is 0 Å². The van der Waals surface area contributed by atoms with E-state index in [9.17, 15) is 0 Å². The molecule has 1 aliphatic carbocycles. The van der Waals surface area contributed by atoms with Crippen molar-refractivity contribution >= 4 is 15.9 Å². The molecule has 3 unspecified atom stereocenters. The standard InChI is InChI=1S/C12H19BrN2O/c1-2-8-3-4-9(7-8)11(15-14)12-10(13)5-6-16-12/h5-6,8-9,11,15H,2-4,7,14H2,1H3. The van der Waals surface area contributed by atoms with E-state index in [-0.39, 0.29) is 6.04 Å². The van der Waals surface area contributed by atoms with Crippen molar-refractivity contribution < 1.29 is 4.42 Å². The lowest BCUT2D eigenvalue weighted by Gasteiger charge is -2.21. The Labute approximate surface area is 105 Å². The molecule has 4 heteroatoms. The maximum Gasteiger partial charge on any atom is 0.136 e. The monoisotopic (exact) mass is 286 g/mol. The Morgan fingerprint density at radius 2 is 2.44 bits per heavy atom. The van der Waals surface area contributed by atoms with Gasteiger partial charge in [0.1, 0.15) is 5.76 Å². The highest BCUT2D eigenvalue weighted by atomic mass is 79.9. The molecule has 1 saturated carbocycles. The smallest absolute Gasteiger partial charge is 0.136 e. The molecule has 0 aromatic carbocycles. The first-order chi connectivity index (χ1) is 7.76. The Balaban J connectivity index is 2.09. The van der Waals surface area contributed by atoms with Crippen molar-refractivity contribution in [2.24, 2.45) is 17.7 Å². The second-order valence-corrected chi connectivity index (χ2v) is 5.48. The molecule has 3 nitrogen and oxygen atoms in total. The summed E-state index contributed by atoms with van der Waals surface area (Å²) in [5, 5.41) is 0. The molecule has 3 atom stereocenters. The van der Waals surface area contributed by atoms with Crippen LogP contribution in [0.15, 0.2) is 21.2 Å². The van der Waals surface area contributed by atoms with Crippen molar-refractivity contribution in [3.63, 3.8) is 0 Å². The average Bonchev–Trinajstić information content (AvgIpc) is 2.90. The lowest BCUT2D eigenvalue weighted by atomic mass is 9.94. The third-order valence-electron chi connectivity index (χ3n) is 3.74. The second-order valence-electron chi connectivity index (χ2n) is 4.62. The van der Waals surface area contributed by atoms with Gasteiger partial charge >= 0.3 is 0 Å². The summed E-state index contributed by atoms with van der Waals surface area (Å²) in [5.41, 5.74) is 2.91. The fourth-order valence-corrected chi connectivity index (χ4v) is 3.19. The predicted molar refractivity (Wildman–Crippen MR) is 67.6 cm³/mol. The largest absolute Gasteiger partial charge is 0.466 e. The molecule has 1 fully saturated rings. The molecule has 2 rings (SSSR count). The molecule has 0 spiro atoms. The lowest BCUT2D eigenvalue weighted by Crippen LogP contribution is -2.32. The fraction of sp³-hybridized carbons (Fsp3) is 0.667. The molecule has 1 aromatic rings. The summed E-state index contributed by atoms with van der Waals surface area (Å²) in [6, 6.07) is 2.06. The number of hydrazine groups is 1. The summed E-state index contributed by atoms with van der Waals surface area (Å²) in [7, 11) is 0. The molecule has 90 valence electrons. The molecule has 0 aliphatic heterocycles. The number of hydrogen-bond donors (Lipinski definition) is 2. The highest BCUT2D eigenvalue weighted by Crippen LogP contribution is 2.41. The number of nitrogens with two attached hydrogens (primary N) is 1. The topological polar surface area (TPSA) is 51.2 Å². The number of furan rings is 1. The average molecular weight is 287 g/mol. The Kier molecular flexibility index (Phi) is 4.05. The van der Waals surface area contributed by atoms with E-state index in [4.69, 9.17) is 10.3 Å². The Hall–Kier alpha value is -0.320. The van der Waals surface area contributed by atoms with E-state index in [1.807, 2.05) is 6.07 Å². The van der Waals surface area contributed by atoms with Crippen LogP contribution in [0, 0.1) is 11.8 Å². The SMILES string of the molecule is CCC1CCC(C(NN)c2occc2Br)C1. The van der Waals surface area contributed by atoms with Crippen molar-refractivity contribution in [2.75, 3.05) is 0 Å². The quantitative estimate of drug-likeness (QED) is 0.659. The minimum absolute atomic E-state index is 0.140. The van der Waals surface area contributed by atoms with Crippen LogP contribution < -0.4 is 11.3 Å². The normalized spacial score (nSPS) is 27.2. The van der Waals surface area contributed by atoms with Crippen molar-refractivity contribution in [3.8, 4) is 0 Å². The number of halogens is 1. The van der Waals surface area contributed by atoms with Gasteiger partial charge in [0.2, 0.25) is 0 Å². The molecule has 0 radical (unpaired) electrons. The van der Waals surface area contributed by atoms with Gasteiger partial charge in [-0.25, -0.2) is 5.43 Å². The fourth-order valence-electron chi connectivity index (χ4n) is 2.74. The van der Waals surface area contributed by atoms with Crippen LogP contribution in [0.1, 0.15) is 44.4 Å². The Bertz CT molecular complexity index is 340. The maximum atomic E-state index is 5.67. The minimum atomic E-state index is 0.140. The van der Waals surface area contributed by atoms with Crippen LogP contribution in [-0.2, 0) is 0 Å². The van der Waals surface area contributed by atoms with Crippen LogP contribution in [0.3, 0.4) is 0 Å². The summed E-state index contributed by atoms with van der Waals surface area (Å²) >= 11 is 3.50. The first-order valence-electron chi connectivity index (χ1n) is 5.95. The van der Waals surface area contributed by atoms with Gasteiger partial charge in [-0.2, -0.15) is 0 Å². The molecule has 3 N–H and O–H groups in total. The van der Waals surface area contributed by atoms with E-state index >= 15 is 0 Å². The molecule has 0 saturated heterocycles. The predicted octanol–water partition coefficient (Wildman–Crippen LogP) is 3.37. The van der Waals surface area contributed by atoms with E-state index in [0.29, 0.717) is 5.92 Å². The summed E-state index contributed by atoms with van der Waals surface area (Å²) in [4.78, 5) is 0. The van der Waals surface area contributed by atoms with Crippen LogP contribution in [0.4, 0.5) is 0 Å². The molecular weight excluding hydrogens is 268 g/mol. The van der Waals surface area contributed by atoms with Gasteiger partial charge < -0.3 is 4.42 Å². The maximum absolute atomic E-state index is 5.67. The number of hydrogen-bond acceptors (Lipinski definition) is 3. The van der Waals surface area contributed by atoms with Gasteiger partial charge in [-0.1, -0.05) is 19.8 Å². The molecular formula is C12H19BrN2O. The van der Waals surface area contributed by atoms with E-state index in [0.717, 1.165) is 16.2 Å². The third kappa shape index (κ3) is 2.34. The van der Waals surface area contributed by atoms with Gasteiger partial charge in [0, 0.05) is 0 Å². The van der Waals surface area contributed by atoms with Crippen molar-refractivity contribution in [1.82, 2.24) is 5.43 Å². The van der Waals surface area contributed by atoms with E-state index in [2.05, 4.69) is 28.3 Å². The second kappa shape index (κ2) is 5.34. The van der Waals surface area contributed by atoms with Crippen LogP contribution >= 0.6 is 15.9 Å². The van der Waals surface area contributed by atoms with Crippen molar-refractivity contribution in [3.05, 3.63) is 22.6 Å². The summed E-state index contributed by atoms with van der Waals surface area (Å²) in [6.45, 7) is 2.26. The molecule has 16 heavy (non-hydrogen) atoms. The van der Waals surface area contributed by atoms with Crippen LogP contribution in [0.5, 0.6) is 0 Å². The number of rotatable bonds is 4. The van der Waals surface area contributed by atoms with E-state index < -0.39 is 0 Å². The third-order valence-corrected chi connectivity index (χ3v) is 4.39. The van der Waals surface area contributed by atoms with Gasteiger partial charge in [0.15, 0.2) is 0 Å². The molecule has 0 bridgehead atoms. The summed E-state index contributed by atoms with van der Waals surface area (Å²) in [5.74, 6) is 8.05. The van der Waals surface area contributed by atoms with E-state index in [1.54, 1.807) is 6.26 Å². The van der Waals surface area contributed by atoms with Crippen LogP contribution in [0.2, 0.25) is 0 Å². The van der Waals surface area contributed by atoms with Gasteiger partial charge in [-0.15, -0.1) is 0 Å². The molecule has 0 amide bonds. The summed E-state index contributed by atoms with van der Waals surface area (Å²) in [6.07, 6.45) is 6.78. The first-order valence-corrected chi connectivity index (χ1v) is 6.74. The zero-order valence-electron chi connectivity index (χ0n) is 9.58. The van der Waals surface area contributed by atoms with Gasteiger partial charge in [-0.05, 0) is 46.7 Å². The summed E-state index contributed by atoms with van der Waals surface area (Å²) < 4.78 is 6.52. The molecule has 1 aromatic heterocycles. The first kappa shape index (κ1) is 12.1. The molecule has 1 heterocycles. The zero-order valence-corrected chi connectivity index (χ0v) is 11.2. The van der Waals surface area contributed by atoms with Crippen LogP contribution in [-0.4, -0.2) is 0 Å². The van der Waals surface area contributed by atoms with Crippen LogP contribution in [0.25, 0.3) is 0 Å².